The lowest BCUT2D eigenvalue weighted by Gasteiger charge is -2.26. The topological polar surface area (TPSA) is 111 Å². The molecule has 0 saturated heterocycles. The second kappa shape index (κ2) is 80.3. The number of esters is 2. The Balaban J connectivity index is 4.05. The summed E-state index contributed by atoms with van der Waals surface area (Å²) in [5, 5.41) is 11.9. The van der Waals surface area contributed by atoms with E-state index in [2.05, 4.69) is 184 Å². The Kier molecular flexibility index (Phi) is 76.1. The Morgan fingerprint density at radius 1 is 0.297 bits per heavy atom. The highest BCUT2D eigenvalue weighted by atomic mass is 16.7. The number of hydrogen-bond acceptors (Lipinski definition) is 8. The maximum Gasteiger partial charge on any atom is 0.306 e. The van der Waals surface area contributed by atoms with Gasteiger partial charge < -0.3 is 33.3 Å². The summed E-state index contributed by atoms with van der Waals surface area (Å²) in [4.78, 5) is 37.7. The molecule has 0 aromatic rings. The first kappa shape index (κ1) is 95.6. The zero-order valence-electron chi connectivity index (χ0n) is 65.7. The predicted octanol–water partition coefficient (Wildman–Crippen LogP) is 25.6. The van der Waals surface area contributed by atoms with Crippen LogP contribution in [0.3, 0.4) is 0 Å². The molecule has 2 unspecified atom stereocenters. The fourth-order valence-corrected chi connectivity index (χ4v) is 11.3. The monoisotopic (exact) mass is 1400 g/mol. The fraction of sp³-hybridized carbons (Fsp3) is 0.663. The molecular weight excluding hydrogens is 1250 g/mol. The van der Waals surface area contributed by atoms with Crippen molar-refractivity contribution in [1.82, 2.24) is 0 Å². The van der Waals surface area contributed by atoms with Gasteiger partial charge in [-0.25, -0.2) is 0 Å². The number of carboxylic acids is 1. The van der Waals surface area contributed by atoms with Gasteiger partial charge >= 0.3 is 11.9 Å². The van der Waals surface area contributed by atoms with E-state index in [1.54, 1.807) is 0 Å². The smallest absolute Gasteiger partial charge is 0.306 e. The SMILES string of the molecule is CC/C=C\C/C=C\C/C=C\C/C=C\C/C=C\C/C=C\C/C=C\C/C=C\C/C=C\CCCCCCCCCCCCCCCC(=O)OC(COC(=O)CCCCCCCCCCCCCCCCCCCCC/C=C\C/C=C\C/C=C\C/C=C\C/C=C\CC)COC(OCC[N+](C)(C)C)C(=O)[O-]. The summed E-state index contributed by atoms with van der Waals surface area (Å²) in [6.45, 7) is 4.54. The molecule has 0 fully saturated rings. The van der Waals surface area contributed by atoms with Crippen molar-refractivity contribution in [2.45, 2.75) is 347 Å². The highest BCUT2D eigenvalue weighted by Crippen LogP contribution is 2.18. The fourth-order valence-electron chi connectivity index (χ4n) is 11.3. The van der Waals surface area contributed by atoms with E-state index in [9.17, 15) is 19.5 Å². The molecule has 0 rings (SSSR count). The van der Waals surface area contributed by atoms with Gasteiger partial charge in [-0.3, -0.25) is 9.59 Å². The molecule has 0 aromatic carbocycles. The number of carbonyl (C=O) groups excluding carboxylic acids is 3. The van der Waals surface area contributed by atoms with Crippen molar-refractivity contribution in [3.63, 3.8) is 0 Å². The third kappa shape index (κ3) is 81.8. The van der Waals surface area contributed by atoms with Crippen LogP contribution in [0, 0.1) is 0 Å². The summed E-state index contributed by atoms with van der Waals surface area (Å²) >= 11 is 0. The van der Waals surface area contributed by atoms with Gasteiger partial charge in [0.05, 0.1) is 40.3 Å². The number of nitrogens with zero attached hydrogens (tertiary/aromatic N) is 1. The van der Waals surface area contributed by atoms with Gasteiger partial charge in [0.25, 0.3) is 0 Å². The number of aliphatic carboxylic acids is 1. The number of allylic oxidation sites excluding steroid dienone is 28. The highest BCUT2D eigenvalue weighted by Gasteiger charge is 2.22. The number of ether oxygens (including phenoxy) is 4. The van der Waals surface area contributed by atoms with Crippen LogP contribution in [-0.2, 0) is 33.3 Å². The molecule has 0 bridgehead atoms. The molecule has 0 amide bonds. The number of carboxylic acid groups (broad SMARTS) is 1. The van der Waals surface area contributed by atoms with E-state index in [0.29, 0.717) is 17.4 Å². The van der Waals surface area contributed by atoms with E-state index in [1.165, 1.54) is 173 Å². The van der Waals surface area contributed by atoms with Gasteiger partial charge in [-0.15, -0.1) is 0 Å². The second-order valence-corrected chi connectivity index (χ2v) is 28.3. The standard InChI is InChI=1S/C92H153NO8/c1-6-8-10-12-14-16-18-20-22-24-26-28-30-32-34-36-38-40-42-43-44-45-46-47-49-51-53-55-57-59-61-63-65-67-69-71-73-75-77-79-81-83-90(95)101-88(87-100-92(91(96)97)98-85-84-93(3,4)5)86-99-89(94)82-80-78-76-74-72-70-68-66-64-62-60-58-56-54-52-50-48-41-39-37-35-33-31-29-27-25-23-21-19-17-15-13-11-9-7-2/h8-11,14-17,20-23,26-29,32-35,38,40,43-44,46-47,51,53,88,92H,6-7,12-13,18-19,24-25,30-31,36-37,39,41-42,45,48-50,52,54-87H2,1-5H3/b10-8-,11-9-,16-14-,17-15-,22-20-,23-21-,28-26-,29-27-,34-32-,35-33-,40-38-,44-43-,47-46-,53-51-. The summed E-state index contributed by atoms with van der Waals surface area (Å²) in [7, 11) is 5.94. The van der Waals surface area contributed by atoms with Crippen LogP contribution in [0.2, 0.25) is 0 Å². The Labute approximate surface area is 622 Å². The molecule has 574 valence electrons. The Morgan fingerprint density at radius 3 is 0.792 bits per heavy atom. The van der Waals surface area contributed by atoms with Crippen molar-refractivity contribution in [2.75, 3.05) is 47.5 Å². The minimum atomic E-state index is -1.63. The molecule has 2 atom stereocenters. The van der Waals surface area contributed by atoms with Crippen LogP contribution in [0.4, 0.5) is 0 Å². The van der Waals surface area contributed by atoms with E-state index < -0.39 is 24.3 Å². The number of hydrogen-bond donors (Lipinski definition) is 0. The number of likely N-dealkylation sites (N-methyl/N-ethyl adjacent to an activating group) is 1. The van der Waals surface area contributed by atoms with Gasteiger partial charge in [0.2, 0.25) is 0 Å². The second-order valence-electron chi connectivity index (χ2n) is 28.3. The normalized spacial score (nSPS) is 13.6. The largest absolute Gasteiger partial charge is 0.545 e. The third-order valence-corrected chi connectivity index (χ3v) is 17.5. The van der Waals surface area contributed by atoms with Crippen LogP contribution in [0.25, 0.3) is 0 Å². The quantitative estimate of drug-likeness (QED) is 0.0195. The van der Waals surface area contributed by atoms with E-state index in [0.717, 1.165) is 128 Å². The van der Waals surface area contributed by atoms with Crippen molar-refractivity contribution >= 4 is 17.9 Å². The summed E-state index contributed by atoms with van der Waals surface area (Å²) < 4.78 is 22.9. The molecule has 0 saturated carbocycles. The molecule has 0 aromatic heterocycles. The lowest BCUT2D eigenvalue weighted by Crippen LogP contribution is -2.44. The molecule has 0 radical (unpaired) electrons. The number of carbonyl (C=O) groups is 3. The van der Waals surface area contributed by atoms with Crippen LogP contribution in [0.15, 0.2) is 170 Å². The molecule has 0 spiro atoms. The zero-order valence-corrected chi connectivity index (χ0v) is 65.7. The van der Waals surface area contributed by atoms with Crippen LogP contribution >= 0.6 is 0 Å². The first-order valence-electron chi connectivity index (χ1n) is 41.3. The summed E-state index contributed by atoms with van der Waals surface area (Å²) in [5.41, 5.74) is 0. The first-order chi connectivity index (χ1) is 49.6. The maximum atomic E-state index is 13.0. The molecule has 0 aliphatic heterocycles. The molecule has 101 heavy (non-hydrogen) atoms. The van der Waals surface area contributed by atoms with Gasteiger partial charge in [-0.05, 0) is 128 Å². The summed E-state index contributed by atoms with van der Waals surface area (Å²) in [6, 6.07) is 0. The lowest BCUT2D eigenvalue weighted by atomic mass is 10.0. The lowest BCUT2D eigenvalue weighted by molar-refractivity contribution is -0.870. The zero-order chi connectivity index (χ0) is 73.2. The van der Waals surface area contributed by atoms with E-state index >= 15 is 0 Å². The average Bonchev–Trinajstić information content (AvgIpc) is 1.21. The van der Waals surface area contributed by atoms with Crippen LogP contribution in [-0.4, -0.2) is 82.3 Å². The van der Waals surface area contributed by atoms with Crippen LogP contribution < -0.4 is 5.11 Å². The molecule has 9 nitrogen and oxygen atoms in total. The Hall–Kier alpha value is -5.35. The predicted molar refractivity (Wildman–Crippen MR) is 435 cm³/mol. The van der Waals surface area contributed by atoms with Crippen LogP contribution in [0.1, 0.15) is 335 Å². The molecule has 0 aliphatic carbocycles. The van der Waals surface area contributed by atoms with Gasteiger partial charge in [0, 0.05) is 12.8 Å². The van der Waals surface area contributed by atoms with Gasteiger partial charge in [-0.2, -0.15) is 0 Å². The summed E-state index contributed by atoms with van der Waals surface area (Å²) in [6.07, 6.45) is 118. The van der Waals surface area contributed by atoms with Crippen molar-refractivity contribution in [3.05, 3.63) is 170 Å². The molecule has 9 heteroatoms. The van der Waals surface area contributed by atoms with Crippen molar-refractivity contribution in [3.8, 4) is 0 Å². The number of unbranched alkanes of at least 4 members (excludes halogenated alkanes) is 32. The first-order valence-corrected chi connectivity index (χ1v) is 41.3. The van der Waals surface area contributed by atoms with Crippen molar-refractivity contribution < 1.29 is 42.9 Å². The third-order valence-electron chi connectivity index (χ3n) is 17.5. The van der Waals surface area contributed by atoms with Gasteiger partial charge in [-0.1, -0.05) is 364 Å². The van der Waals surface area contributed by atoms with Crippen molar-refractivity contribution in [2.24, 2.45) is 0 Å². The van der Waals surface area contributed by atoms with Crippen LogP contribution in [0.5, 0.6) is 0 Å². The Bertz CT molecular complexity index is 2280. The number of quaternary nitrogens is 1. The highest BCUT2D eigenvalue weighted by molar-refractivity contribution is 5.70. The van der Waals surface area contributed by atoms with Gasteiger partial charge in [0.1, 0.15) is 13.2 Å². The van der Waals surface area contributed by atoms with Crippen molar-refractivity contribution in [1.29, 1.82) is 0 Å². The van der Waals surface area contributed by atoms with E-state index in [4.69, 9.17) is 18.9 Å². The molecule has 0 aliphatic rings. The number of rotatable bonds is 75. The maximum absolute atomic E-state index is 13.0. The minimum Gasteiger partial charge on any atom is -0.545 e. The minimum absolute atomic E-state index is 0.142. The molecule has 0 N–H and O–H groups in total. The molecule has 0 heterocycles. The Morgan fingerprint density at radius 2 is 0.535 bits per heavy atom. The summed E-state index contributed by atoms with van der Waals surface area (Å²) in [5.74, 6) is -2.28. The van der Waals surface area contributed by atoms with E-state index in [-0.39, 0.29) is 38.6 Å². The molecular formula is C92H153NO8. The average molecular weight is 1400 g/mol. The van der Waals surface area contributed by atoms with E-state index in [1.807, 2.05) is 21.1 Å². The van der Waals surface area contributed by atoms with Gasteiger partial charge in [0.15, 0.2) is 12.4 Å².